The van der Waals surface area contributed by atoms with Crippen molar-refractivity contribution in [2.24, 2.45) is 0 Å². The molecule has 2 rings (SSSR count). The summed E-state index contributed by atoms with van der Waals surface area (Å²) in [5, 5.41) is 3.57. The lowest BCUT2D eigenvalue weighted by Gasteiger charge is -2.39. The van der Waals surface area contributed by atoms with Crippen molar-refractivity contribution >= 4 is 15.9 Å². The van der Waals surface area contributed by atoms with Crippen LogP contribution in [0.2, 0.25) is 0 Å². The van der Waals surface area contributed by atoms with Crippen molar-refractivity contribution in [1.82, 2.24) is 15.2 Å². The summed E-state index contributed by atoms with van der Waals surface area (Å²) in [7, 11) is 0. The standard InChI is InChI=1S/C14H22BrN3/c1-3-4-14-8-16-11(2)9-18(14)10-13-6-5-12(15)7-17-13/h5-7,11,14,16H,3-4,8-10H2,1-2H3. The molecule has 0 radical (unpaired) electrons. The Morgan fingerprint density at radius 2 is 2.33 bits per heavy atom. The molecule has 4 heteroatoms. The first-order valence-electron chi connectivity index (χ1n) is 6.77. The van der Waals surface area contributed by atoms with Crippen LogP contribution in [0.25, 0.3) is 0 Å². The van der Waals surface area contributed by atoms with Crippen LogP contribution in [-0.4, -0.2) is 35.1 Å². The van der Waals surface area contributed by atoms with E-state index in [-0.39, 0.29) is 0 Å². The van der Waals surface area contributed by atoms with Crippen molar-refractivity contribution in [2.45, 2.75) is 45.3 Å². The molecule has 100 valence electrons. The number of hydrogen-bond donors (Lipinski definition) is 1. The Morgan fingerprint density at radius 3 is 3.00 bits per heavy atom. The molecular formula is C14H22BrN3. The van der Waals surface area contributed by atoms with Crippen molar-refractivity contribution in [1.29, 1.82) is 0 Å². The molecule has 2 heterocycles. The van der Waals surface area contributed by atoms with Crippen LogP contribution in [0.15, 0.2) is 22.8 Å². The average molecular weight is 312 g/mol. The molecule has 1 aromatic rings. The lowest BCUT2D eigenvalue weighted by Crippen LogP contribution is -2.54. The minimum absolute atomic E-state index is 0.577. The topological polar surface area (TPSA) is 28.2 Å². The van der Waals surface area contributed by atoms with E-state index in [4.69, 9.17) is 0 Å². The number of aromatic nitrogens is 1. The van der Waals surface area contributed by atoms with Crippen LogP contribution in [-0.2, 0) is 6.54 Å². The Balaban J connectivity index is 2.01. The average Bonchev–Trinajstić information content (AvgIpc) is 2.36. The predicted molar refractivity (Wildman–Crippen MR) is 78.5 cm³/mol. The molecule has 18 heavy (non-hydrogen) atoms. The summed E-state index contributed by atoms with van der Waals surface area (Å²) in [6.45, 7) is 7.69. The smallest absolute Gasteiger partial charge is 0.0544 e. The first-order valence-corrected chi connectivity index (χ1v) is 7.56. The molecule has 1 N–H and O–H groups in total. The fourth-order valence-corrected chi connectivity index (χ4v) is 2.79. The number of rotatable bonds is 4. The summed E-state index contributed by atoms with van der Waals surface area (Å²) in [5.74, 6) is 0. The van der Waals surface area contributed by atoms with Crippen molar-refractivity contribution in [3.8, 4) is 0 Å². The normalized spacial score (nSPS) is 25.3. The van der Waals surface area contributed by atoms with Gasteiger partial charge in [-0.2, -0.15) is 0 Å². The molecule has 1 fully saturated rings. The lowest BCUT2D eigenvalue weighted by molar-refractivity contribution is 0.118. The SMILES string of the molecule is CCCC1CNC(C)CN1Cc1ccc(Br)cn1. The highest BCUT2D eigenvalue weighted by Crippen LogP contribution is 2.16. The Bertz CT molecular complexity index is 366. The van der Waals surface area contributed by atoms with Crippen molar-refractivity contribution < 1.29 is 0 Å². The summed E-state index contributed by atoms with van der Waals surface area (Å²) in [5.41, 5.74) is 1.16. The zero-order valence-electron chi connectivity index (χ0n) is 11.2. The molecule has 0 saturated carbocycles. The number of piperazine rings is 1. The molecule has 0 aromatic carbocycles. The summed E-state index contributed by atoms with van der Waals surface area (Å²) in [4.78, 5) is 7.05. The van der Waals surface area contributed by atoms with Crippen LogP contribution in [0.1, 0.15) is 32.4 Å². The monoisotopic (exact) mass is 311 g/mol. The third-order valence-electron chi connectivity index (χ3n) is 3.50. The van der Waals surface area contributed by atoms with E-state index in [1.54, 1.807) is 0 Å². The van der Waals surface area contributed by atoms with Crippen LogP contribution in [0, 0.1) is 0 Å². The number of halogens is 1. The lowest BCUT2D eigenvalue weighted by atomic mass is 10.0. The molecule has 1 aromatic heterocycles. The van der Waals surface area contributed by atoms with Crippen LogP contribution in [0.5, 0.6) is 0 Å². The largest absolute Gasteiger partial charge is 0.311 e. The summed E-state index contributed by atoms with van der Waals surface area (Å²) in [6, 6.07) is 5.41. The maximum Gasteiger partial charge on any atom is 0.0544 e. The zero-order valence-corrected chi connectivity index (χ0v) is 12.8. The minimum atomic E-state index is 0.577. The molecule has 3 nitrogen and oxygen atoms in total. The first kappa shape index (κ1) is 14.0. The van der Waals surface area contributed by atoms with Gasteiger partial charge in [-0.25, -0.2) is 0 Å². The third-order valence-corrected chi connectivity index (χ3v) is 3.97. The van der Waals surface area contributed by atoms with Gasteiger partial charge >= 0.3 is 0 Å². The summed E-state index contributed by atoms with van der Waals surface area (Å²) >= 11 is 3.43. The first-order chi connectivity index (χ1) is 8.69. The zero-order chi connectivity index (χ0) is 13.0. The van der Waals surface area contributed by atoms with E-state index < -0.39 is 0 Å². The Morgan fingerprint density at radius 1 is 1.50 bits per heavy atom. The highest BCUT2D eigenvalue weighted by Gasteiger charge is 2.25. The number of pyridine rings is 1. The van der Waals surface area contributed by atoms with E-state index in [1.165, 1.54) is 12.8 Å². The van der Waals surface area contributed by atoms with Gasteiger partial charge < -0.3 is 5.32 Å². The number of nitrogens with one attached hydrogen (secondary N) is 1. The number of nitrogens with zero attached hydrogens (tertiary/aromatic N) is 2. The molecule has 2 atom stereocenters. The van der Waals surface area contributed by atoms with Gasteiger partial charge in [0.05, 0.1) is 5.69 Å². The van der Waals surface area contributed by atoms with Gasteiger partial charge in [0.25, 0.3) is 0 Å². The van der Waals surface area contributed by atoms with Gasteiger partial charge in [0.1, 0.15) is 0 Å². The molecule has 0 bridgehead atoms. The molecule has 2 unspecified atom stereocenters. The van der Waals surface area contributed by atoms with Gasteiger partial charge in [-0.15, -0.1) is 0 Å². The van der Waals surface area contributed by atoms with Crippen LogP contribution in [0.4, 0.5) is 0 Å². The minimum Gasteiger partial charge on any atom is -0.311 e. The molecule has 1 aliphatic heterocycles. The van der Waals surface area contributed by atoms with Crippen LogP contribution < -0.4 is 5.32 Å². The molecular weight excluding hydrogens is 290 g/mol. The summed E-state index contributed by atoms with van der Waals surface area (Å²) in [6.07, 6.45) is 4.39. The second-order valence-electron chi connectivity index (χ2n) is 5.15. The van der Waals surface area contributed by atoms with Gasteiger partial charge in [-0.05, 0) is 41.4 Å². The highest BCUT2D eigenvalue weighted by atomic mass is 79.9. The van der Waals surface area contributed by atoms with E-state index in [1.807, 2.05) is 6.20 Å². The van der Waals surface area contributed by atoms with E-state index in [2.05, 4.69) is 57.1 Å². The van der Waals surface area contributed by atoms with E-state index in [0.29, 0.717) is 12.1 Å². The van der Waals surface area contributed by atoms with Crippen molar-refractivity contribution in [3.63, 3.8) is 0 Å². The maximum absolute atomic E-state index is 4.48. The van der Waals surface area contributed by atoms with Crippen molar-refractivity contribution in [3.05, 3.63) is 28.5 Å². The van der Waals surface area contributed by atoms with E-state index >= 15 is 0 Å². The van der Waals surface area contributed by atoms with E-state index in [0.717, 1.165) is 29.8 Å². The quantitative estimate of drug-likeness (QED) is 0.927. The van der Waals surface area contributed by atoms with Gasteiger partial charge in [-0.3, -0.25) is 9.88 Å². The van der Waals surface area contributed by atoms with Crippen molar-refractivity contribution in [2.75, 3.05) is 13.1 Å². The summed E-state index contributed by atoms with van der Waals surface area (Å²) < 4.78 is 1.05. The van der Waals surface area contributed by atoms with Crippen LogP contribution in [0.3, 0.4) is 0 Å². The molecule has 0 amide bonds. The second kappa shape index (κ2) is 6.64. The Labute approximate surface area is 118 Å². The third kappa shape index (κ3) is 3.77. The molecule has 0 aliphatic carbocycles. The highest BCUT2D eigenvalue weighted by molar-refractivity contribution is 9.10. The molecule has 0 spiro atoms. The maximum atomic E-state index is 4.48. The fourth-order valence-electron chi connectivity index (χ4n) is 2.55. The Kier molecular flexibility index (Phi) is 5.15. The van der Waals surface area contributed by atoms with Crippen LogP contribution >= 0.6 is 15.9 Å². The predicted octanol–water partition coefficient (Wildman–Crippen LogP) is 2.81. The van der Waals surface area contributed by atoms with Gasteiger partial charge in [0.15, 0.2) is 0 Å². The number of hydrogen-bond acceptors (Lipinski definition) is 3. The second-order valence-corrected chi connectivity index (χ2v) is 6.06. The van der Waals surface area contributed by atoms with Gasteiger partial charge in [0.2, 0.25) is 0 Å². The Hall–Kier alpha value is -0.450. The van der Waals surface area contributed by atoms with E-state index in [9.17, 15) is 0 Å². The molecule has 1 saturated heterocycles. The van der Waals surface area contributed by atoms with Gasteiger partial charge in [0, 0.05) is 42.4 Å². The fraction of sp³-hybridized carbons (Fsp3) is 0.643. The van der Waals surface area contributed by atoms with Gasteiger partial charge in [-0.1, -0.05) is 13.3 Å². The molecule has 1 aliphatic rings.